The second-order valence-electron chi connectivity index (χ2n) is 4.37. The molecule has 20 heavy (non-hydrogen) atoms. The van der Waals surface area contributed by atoms with E-state index in [9.17, 15) is 4.79 Å². The van der Waals surface area contributed by atoms with Crippen LogP contribution in [0.2, 0.25) is 0 Å². The van der Waals surface area contributed by atoms with Gasteiger partial charge in [0.05, 0.1) is 6.42 Å². The fourth-order valence-corrected chi connectivity index (χ4v) is 1.94. The highest BCUT2D eigenvalue weighted by atomic mass is 17.1. The molecule has 0 saturated carbocycles. The minimum atomic E-state index is -0.00620. The Morgan fingerprint density at radius 2 is 1.90 bits per heavy atom. The minimum absolute atomic E-state index is 0.00620. The zero-order valence-electron chi connectivity index (χ0n) is 11.3. The van der Waals surface area contributed by atoms with Gasteiger partial charge in [0.2, 0.25) is 5.91 Å². The van der Waals surface area contributed by atoms with Gasteiger partial charge in [-0.2, -0.15) is 0 Å². The molecule has 106 valence electrons. The summed E-state index contributed by atoms with van der Waals surface area (Å²) in [5.41, 5.74) is 0.971. The summed E-state index contributed by atoms with van der Waals surface area (Å²) in [6.45, 7) is 0.417. The van der Waals surface area contributed by atoms with Gasteiger partial charge in [-0.15, -0.1) is 0 Å². The van der Waals surface area contributed by atoms with Crippen molar-refractivity contribution < 1.29 is 19.7 Å². The summed E-state index contributed by atoms with van der Waals surface area (Å²) < 4.78 is 5.42. The van der Waals surface area contributed by atoms with Crippen LogP contribution in [0.4, 0.5) is 0 Å². The molecule has 0 aliphatic heterocycles. The van der Waals surface area contributed by atoms with Gasteiger partial charge in [0.1, 0.15) is 19.0 Å². The molecule has 2 N–H and O–H groups in total. The van der Waals surface area contributed by atoms with Gasteiger partial charge < -0.3 is 10.1 Å². The lowest BCUT2D eigenvalue weighted by Crippen LogP contribution is -2.19. The Balaban J connectivity index is 2.14. The van der Waals surface area contributed by atoms with Crippen LogP contribution >= 0.6 is 0 Å². The summed E-state index contributed by atoms with van der Waals surface area (Å²) in [5, 5.41) is 12.9. The van der Waals surface area contributed by atoms with E-state index in [2.05, 4.69) is 10.2 Å². The van der Waals surface area contributed by atoms with E-state index >= 15 is 0 Å². The van der Waals surface area contributed by atoms with Crippen LogP contribution in [0.15, 0.2) is 36.4 Å². The lowest BCUT2D eigenvalue weighted by atomic mass is 10.0. The van der Waals surface area contributed by atoms with Gasteiger partial charge >= 0.3 is 0 Å². The molecule has 0 bridgehead atoms. The Morgan fingerprint density at radius 1 is 1.15 bits per heavy atom. The molecule has 2 rings (SSSR count). The smallest absolute Gasteiger partial charge is 0.224 e. The van der Waals surface area contributed by atoms with Crippen LogP contribution in [0.3, 0.4) is 0 Å². The van der Waals surface area contributed by atoms with E-state index in [0.717, 1.165) is 16.3 Å². The van der Waals surface area contributed by atoms with Crippen LogP contribution < -0.4 is 10.1 Å². The highest BCUT2D eigenvalue weighted by molar-refractivity contribution is 5.86. The molecular weight excluding hydrogens is 258 g/mol. The number of rotatable bonds is 6. The monoisotopic (exact) mass is 275 g/mol. The number of ether oxygens (including phenoxy) is 1. The maximum Gasteiger partial charge on any atom is 0.224 e. The first-order chi connectivity index (χ1) is 9.72. The van der Waals surface area contributed by atoms with E-state index in [0.29, 0.717) is 12.2 Å². The van der Waals surface area contributed by atoms with Crippen LogP contribution in [-0.2, 0) is 16.1 Å². The minimum Gasteiger partial charge on any atom is -0.491 e. The molecule has 0 unspecified atom stereocenters. The second-order valence-corrected chi connectivity index (χ2v) is 4.37. The number of carbonyl (C=O) groups excluding carboxylic acids is 1. The predicted molar refractivity (Wildman–Crippen MR) is 75.8 cm³/mol. The molecule has 0 aromatic heterocycles. The zero-order chi connectivity index (χ0) is 14.4. The Bertz CT molecular complexity index is 597. The maximum absolute atomic E-state index is 11.4. The summed E-state index contributed by atoms with van der Waals surface area (Å²) in [4.78, 5) is 15.3. The molecule has 0 aliphatic rings. The fourth-order valence-electron chi connectivity index (χ4n) is 1.94. The Hall–Kier alpha value is -2.11. The molecule has 0 heterocycles. The molecule has 5 heteroatoms. The first-order valence-electron chi connectivity index (χ1n) is 6.35. The molecule has 0 spiro atoms. The number of hydrogen-bond donors (Lipinski definition) is 2. The number of benzene rings is 2. The molecule has 1 amide bonds. The second kappa shape index (κ2) is 6.88. The topological polar surface area (TPSA) is 67.8 Å². The number of carbonyl (C=O) groups is 1. The van der Waals surface area contributed by atoms with Crippen molar-refractivity contribution in [2.75, 3.05) is 20.3 Å². The Kier molecular flexibility index (Phi) is 4.92. The molecule has 0 fully saturated rings. The predicted octanol–water partition coefficient (Wildman–Crippen LogP) is 2.00. The first-order valence-corrected chi connectivity index (χ1v) is 6.35. The molecule has 5 nitrogen and oxygen atoms in total. The average molecular weight is 275 g/mol. The van der Waals surface area contributed by atoms with E-state index in [4.69, 9.17) is 9.99 Å². The number of amides is 1. The molecule has 0 saturated heterocycles. The zero-order valence-corrected chi connectivity index (χ0v) is 11.3. The fraction of sp³-hybridized carbons (Fsp3) is 0.267. The molecule has 2 aromatic rings. The number of fused-ring (bicyclic) bond motifs is 1. The molecule has 0 aliphatic carbocycles. The lowest BCUT2D eigenvalue weighted by molar-refractivity contribution is -0.245. The molecular formula is C15H17NO4. The van der Waals surface area contributed by atoms with Crippen molar-refractivity contribution >= 4 is 16.7 Å². The molecule has 0 atom stereocenters. The normalized spacial score (nSPS) is 10.5. The van der Waals surface area contributed by atoms with Gasteiger partial charge in [-0.1, -0.05) is 24.3 Å². The lowest BCUT2D eigenvalue weighted by Gasteiger charge is -2.07. The van der Waals surface area contributed by atoms with Gasteiger partial charge in [-0.25, -0.2) is 4.89 Å². The van der Waals surface area contributed by atoms with E-state index in [1.807, 2.05) is 36.4 Å². The summed E-state index contributed by atoms with van der Waals surface area (Å²) in [5.74, 6) is 0.710. The van der Waals surface area contributed by atoms with Crippen molar-refractivity contribution in [1.29, 1.82) is 0 Å². The van der Waals surface area contributed by atoms with Crippen molar-refractivity contribution in [2.45, 2.75) is 6.42 Å². The van der Waals surface area contributed by atoms with Crippen LogP contribution in [0, 0.1) is 0 Å². The third-order valence-electron chi connectivity index (χ3n) is 2.96. The maximum atomic E-state index is 11.4. The first kappa shape index (κ1) is 14.3. The van der Waals surface area contributed by atoms with Crippen LogP contribution in [0.25, 0.3) is 10.8 Å². The van der Waals surface area contributed by atoms with Crippen molar-refractivity contribution in [1.82, 2.24) is 5.32 Å². The largest absolute Gasteiger partial charge is 0.491 e. The van der Waals surface area contributed by atoms with E-state index in [1.54, 1.807) is 7.05 Å². The summed E-state index contributed by atoms with van der Waals surface area (Å²) in [6, 6.07) is 11.6. The Morgan fingerprint density at radius 3 is 2.65 bits per heavy atom. The quantitative estimate of drug-likeness (QED) is 0.480. The summed E-state index contributed by atoms with van der Waals surface area (Å²) in [7, 11) is 1.63. The summed E-state index contributed by atoms with van der Waals surface area (Å²) in [6.07, 6.45) is 0.374. The third-order valence-corrected chi connectivity index (χ3v) is 2.96. The highest BCUT2D eigenvalue weighted by Crippen LogP contribution is 2.22. The van der Waals surface area contributed by atoms with Crippen LogP contribution in [0.5, 0.6) is 5.75 Å². The SMILES string of the molecule is CNC(=O)Cc1ccc2cc(OCCOO)ccc2c1. The van der Waals surface area contributed by atoms with Crippen molar-refractivity contribution in [3.8, 4) is 5.75 Å². The highest BCUT2D eigenvalue weighted by Gasteiger charge is 2.03. The standard InChI is InChI=1S/C15H17NO4/c1-16-15(17)9-11-2-3-13-10-14(19-6-7-20-18)5-4-12(13)8-11/h2-5,8,10,18H,6-7,9H2,1H3,(H,16,17). The molecule has 2 aromatic carbocycles. The third kappa shape index (κ3) is 3.69. The number of nitrogens with one attached hydrogen (secondary N) is 1. The van der Waals surface area contributed by atoms with Gasteiger partial charge in [-0.3, -0.25) is 10.1 Å². The van der Waals surface area contributed by atoms with Crippen LogP contribution in [-0.4, -0.2) is 31.4 Å². The average Bonchev–Trinajstić information content (AvgIpc) is 2.47. The van der Waals surface area contributed by atoms with E-state index < -0.39 is 0 Å². The Labute approximate surface area is 117 Å². The number of hydrogen-bond acceptors (Lipinski definition) is 4. The van der Waals surface area contributed by atoms with Crippen LogP contribution in [0.1, 0.15) is 5.56 Å². The van der Waals surface area contributed by atoms with Gasteiger partial charge in [-0.05, 0) is 28.5 Å². The van der Waals surface area contributed by atoms with Gasteiger partial charge in [0.15, 0.2) is 0 Å². The van der Waals surface area contributed by atoms with Crippen molar-refractivity contribution in [3.05, 3.63) is 42.0 Å². The van der Waals surface area contributed by atoms with E-state index in [-0.39, 0.29) is 19.1 Å². The van der Waals surface area contributed by atoms with E-state index in [1.165, 1.54) is 0 Å². The van der Waals surface area contributed by atoms with Gasteiger partial charge in [0.25, 0.3) is 0 Å². The number of likely N-dealkylation sites (N-methyl/N-ethyl adjacent to an activating group) is 1. The summed E-state index contributed by atoms with van der Waals surface area (Å²) >= 11 is 0. The molecule has 0 radical (unpaired) electrons. The van der Waals surface area contributed by atoms with Crippen molar-refractivity contribution in [3.63, 3.8) is 0 Å². The van der Waals surface area contributed by atoms with Crippen molar-refractivity contribution in [2.24, 2.45) is 0 Å². The van der Waals surface area contributed by atoms with Gasteiger partial charge in [0, 0.05) is 7.05 Å².